The number of benzene rings is 2. The van der Waals surface area contributed by atoms with Crippen LogP contribution in [0.4, 0.5) is 0 Å². The van der Waals surface area contributed by atoms with Gasteiger partial charge in [-0.3, -0.25) is 4.79 Å². The van der Waals surface area contributed by atoms with Crippen molar-refractivity contribution < 1.29 is 33.0 Å². The van der Waals surface area contributed by atoms with Crippen molar-refractivity contribution in [1.29, 1.82) is 0 Å². The van der Waals surface area contributed by atoms with E-state index in [2.05, 4.69) is 21.2 Å². The molecule has 1 aromatic heterocycles. The maximum Gasteiger partial charge on any atom is 0.338 e. The topological polar surface area (TPSA) is 140 Å². The molecule has 42 heavy (non-hydrogen) atoms. The molecule has 2 aromatic carbocycles. The molecule has 1 aliphatic heterocycles. The second-order valence-electron chi connectivity index (χ2n) is 8.91. The van der Waals surface area contributed by atoms with Gasteiger partial charge in [-0.15, -0.1) is 0 Å². The number of para-hydroxylation sites is 1. The number of nitrogens with one attached hydrogen (secondary N) is 3. The summed E-state index contributed by atoms with van der Waals surface area (Å²) in [6.45, 7) is 5.37. The summed E-state index contributed by atoms with van der Waals surface area (Å²) in [5, 5.41) is 10.3. The van der Waals surface area contributed by atoms with E-state index in [4.69, 9.17) is 30.8 Å². The first-order valence-corrected chi connectivity index (χ1v) is 13.6. The van der Waals surface area contributed by atoms with Crippen molar-refractivity contribution in [1.82, 2.24) is 16.1 Å². The number of hydrogen-bond donors (Lipinski definition) is 3. The first-order chi connectivity index (χ1) is 20.3. The van der Waals surface area contributed by atoms with E-state index in [0.717, 1.165) is 0 Å². The molecule has 0 saturated carbocycles. The molecule has 0 saturated heterocycles. The number of allylic oxidation sites excluding steroid dienone is 1. The van der Waals surface area contributed by atoms with Crippen LogP contribution in [-0.4, -0.2) is 49.0 Å². The number of hydrogen-bond acceptors (Lipinski definition) is 9. The minimum absolute atomic E-state index is 0.216. The Kier molecular flexibility index (Phi) is 10.1. The van der Waals surface area contributed by atoms with Gasteiger partial charge in [0.05, 0.1) is 36.6 Å². The van der Waals surface area contributed by atoms with Crippen LogP contribution in [0.1, 0.15) is 48.5 Å². The van der Waals surface area contributed by atoms with Gasteiger partial charge < -0.3 is 29.3 Å². The van der Waals surface area contributed by atoms with E-state index in [-0.39, 0.29) is 19.8 Å². The SMILES string of the molecule is CCOC(=O)C1=C(C)NC(=S)N[C@@H]1c1ccccc1OCC(=O)NN=Cc1ccc(-c2cccc(C(=O)OCC)c2)o1. The molecular weight excluding hydrogens is 560 g/mol. The molecule has 1 amide bonds. The number of rotatable bonds is 11. The third-order valence-corrected chi connectivity index (χ3v) is 6.24. The minimum atomic E-state index is -0.638. The second kappa shape index (κ2) is 14.1. The Bertz CT molecular complexity index is 1550. The number of esters is 2. The molecule has 1 aliphatic rings. The number of ether oxygens (including phenoxy) is 3. The molecule has 0 unspecified atom stereocenters. The summed E-state index contributed by atoms with van der Waals surface area (Å²) in [6, 6.07) is 16.7. The molecule has 2 heterocycles. The molecule has 218 valence electrons. The molecule has 12 heteroatoms. The van der Waals surface area contributed by atoms with Crippen LogP contribution >= 0.6 is 12.2 Å². The van der Waals surface area contributed by atoms with Gasteiger partial charge in [0.2, 0.25) is 0 Å². The average molecular weight is 591 g/mol. The Morgan fingerprint density at radius 2 is 1.79 bits per heavy atom. The molecule has 3 aromatic rings. The summed E-state index contributed by atoms with van der Waals surface area (Å²) >= 11 is 5.30. The summed E-state index contributed by atoms with van der Waals surface area (Å²) in [7, 11) is 0. The van der Waals surface area contributed by atoms with Crippen LogP contribution in [0.25, 0.3) is 11.3 Å². The predicted octanol–water partition coefficient (Wildman–Crippen LogP) is 4.01. The fourth-order valence-electron chi connectivity index (χ4n) is 4.19. The van der Waals surface area contributed by atoms with Crippen molar-refractivity contribution in [2.45, 2.75) is 26.8 Å². The highest BCUT2D eigenvalue weighted by atomic mass is 32.1. The lowest BCUT2D eigenvalue weighted by Gasteiger charge is -2.30. The molecule has 0 fully saturated rings. The van der Waals surface area contributed by atoms with Gasteiger partial charge in [0, 0.05) is 16.8 Å². The maximum atomic E-state index is 12.7. The second-order valence-corrected chi connectivity index (χ2v) is 9.32. The lowest BCUT2D eigenvalue weighted by atomic mass is 9.95. The predicted molar refractivity (Wildman–Crippen MR) is 159 cm³/mol. The highest BCUT2D eigenvalue weighted by Crippen LogP contribution is 2.33. The zero-order chi connectivity index (χ0) is 30.1. The zero-order valence-corrected chi connectivity index (χ0v) is 24.1. The number of nitrogens with zero attached hydrogens (tertiary/aromatic N) is 1. The largest absolute Gasteiger partial charge is 0.483 e. The normalized spacial score (nSPS) is 14.6. The summed E-state index contributed by atoms with van der Waals surface area (Å²) in [5.74, 6) is -0.125. The highest BCUT2D eigenvalue weighted by Gasteiger charge is 2.32. The van der Waals surface area contributed by atoms with Gasteiger partial charge in [0.25, 0.3) is 5.91 Å². The molecule has 11 nitrogen and oxygen atoms in total. The number of carbonyl (C=O) groups is 3. The first-order valence-electron chi connectivity index (χ1n) is 13.2. The number of amides is 1. The summed E-state index contributed by atoms with van der Waals surface area (Å²) in [4.78, 5) is 37.2. The Hall–Kier alpha value is -4.97. The van der Waals surface area contributed by atoms with Crippen molar-refractivity contribution in [2.24, 2.45) is 5.10 Å². The Labute approximate surface area is 247 Å². The Balaban J connectivity index is 1.38. The standard InChI is InChI=1S/C30H30N4O7S/c1-4-38-28(36)20-10-8-9-19(15-20)23-14-13-21(41-23)16-31-34-25(35)17-40-24-12-7-6-11-22(24)27-26(29(37)39-5-2)18(3)32-30(42)33-27/h6-16,27H,4-5,17H2,1-3H3,(H,34,35)(H2,32,33,42)/t27-/m1/s1. The molecule has 0 radical (unpaired) electrons. The van der Waals surface area contributed by atoms with Gasteiger partial charge in [0.15, 0.2) is 11.7 Å². The van der Waals surface area contributed by atoms with Gasteiger partial charge in [-0.2, -0.15) is 5.10 Å². The number of thiocarbonyl (C=S) groups is 1. The summed E-state index contributed by atoms with van der Waals surface area (Å²) in [6.07, 6.45) is 1.35. The van der Waals surface area contributed by atoms with Gasteiger partial charge in [-0.25, -0.2) is 15.0 Å². The van der Waals surface area contributed by atoms with Crippen molar-refractivity contribution in [3.8, 4) is 17.1 Å². The van der Waals surface area contributed by atoms with Gasteiger partial charge in [-0.05, 0) is 63.3 Å². The monoisotopic (exact) mass is 590 g/mol. The van der Waals surface area contributed by atoms with Crippen molar-refractivity contribution in [3.63, 3.8) is 0 Å². The Morgan fingerprint density at radius 1 is 1.02 bits per heavy atom. The molecule has 0 aliphatic carbocycles. The summed E-state index contributed by atoms with van der Waals surface area (Å²) < 4.78 is 21.9. The Morgan fingerprint density at radius 3 is 2.57 bits per heavy atom. The third kappa shape index (κ3) is 7.40. The number of furan rings is 1. The van der Waals surface area contributed by atoms with Crippen LogP contribution in [0, 0.1) is 0 Å². The third-order valence-electron chi connectivity index (χ3n) is 6.02. The van der Waals surface area contributed by atoms with Crippen molar-refractivity contribution >= 4 is 41.4 Å². The first kappa shape index (κ1) is 30.0. The molecular formula is C30H30N4O7S. The van der Waals surface area contributed by atoms with Gasteiger partial charge >= 0.3 is 11.9 Å². The van der Waals surface area contributed by atoms with E-state index in [1.54, 1.807) is 81.4 Å². The quantitative estimate of drug-likeness (QED) is 0.130. The molecule has 4 rings (SSSR count). The van der Waals surface area contributed by atoms with Crippen molar-refractivity contribution in [2.75, 3.05) is 19.8 Å². The summed E-state index contributed by atoms with van der Waals surface area (Å²) in [5.41, 5.74) is 5.04. The number of carbonyl (C=O) groups excluding carboxylic acids is 3. The zero-order valence-electron chi connectivity index (χ0n) is 23.3. The van der Waals surface area contributed by atoms with E-state index in [0.29, 0.717) is 50.3 Å². The van der Waals surface area contributed by atoms with Gasteiger partial charge in [-0.1, -0.05) is 30.3 Å². The fourth-order valence-corrected chi connectivity index (χ4v) is 4.46. The van der Waals surface area contributed by atoms with Crippen molar-refractivity contribution in [3.05, 3.63) is 88.8 Å². The average Bonchev–Trinajstić information content (AvgIpc) is 3.45. The minimum Gasteiger partial charge on any atom is -0.483 e. The number of hydrazone groups is 1. The lowest BCUT2D eigenvalue weighted by Crippen LogP contribution is -2.45. The van der Waals surface area contributed by atoms with E-state index in [1.165, 1.54) is 6.21 Å². The van der Waals surface area contributed by atoms with E-state index < -0.39 is 23.9 Å². The van der Waals surface area contributed by atoms with Crippen LogP contribution in [-0.2, 0) is 19.1 Å². The molecule has 0 spiro atoms. The van der Waals surface area contributed by atoms with E-state index >= 15 is 0 Å². The molecule has 0 bridgehead atoms. The van der Waals surface area contributed by atoms with Crippen LogP contribution in [0.5, 0.6) is 5.75 Å². The van der Waals surface area contributed by atoms with Gasteiger partial charge in [0.1, 0.15) is 17.3 Å². The molecule has 1 atom stereocenters. The van der Waals surface area contributed by atoms with Crippen LogP contribution in [0.3, 0.4) is 0 Å². The van der Waals surface area contributed by atoms with E-state index in [9.17, 15) is 14.4 Å². The van der Waals surface area contributed by atoms with Crippen LogP contribution in [0.2, 0.25) is 0 Å². The lowest BCUT2D eigenvalue weighted by molar-refractivity contribution is -0.139. The highest BCUT2D eigenvalue weighted by molar-refractivity contribution is 7.80. The van der Waals surface area contributed by atoms with E-state index in [1.807, 2.05) is 0 Å². The molecule has 3 N–H and O–H groups in total. The smallest absolute Gasteiger partial charge is 0.338 e. The van der Waals surface area contributed by atoms with Crippen LogP contribution < -0.4 is 20.8 Å². The maximum absolute atomic E-state index is 12.7. The van der Waals surface area contributed by atoms with Crippen LogP contribution in [0.15, 0.2) is 81.5 Å². The fraction of sp³-hybridized carbons (Fsp3) is 0.233.